The molecule has 1 aromatic heterocycles. The van der Waals surface area contributed by atoms with E-state index in [-0.39, 0.29) is 0 Å². The Kier molecular flexibility index (Phi) is 5.09. The van der Waals surface area contributed by atoms with Crippen molar-refractivity contribution >= 4 is 21.2 Å². The summed E-state index contributed by atoms with van der Waals surface area (Å²) in [7, 11) is -3.05. The Balaban J connectivity index is 2.78. The van der Waals surface area contributed by atoms with Crippen molar-refractivity contribution < 1.29 is 8.42 Å². The molecule has 0 spiro atoms. The Morgan fingerprint density at radius 3 is 2.65 bits per heavy atom. The largest absolute Gasteiger partial charge is 0.316 e. The van der Waals surface area contributed by atoms with Gasteiger partial charge in [0.25, 0.3) is 0 Å². The van der Waals surface area contributed by atoms with Crippen molar-refractivity contribution in [1.29, 1.82) is 0 Å². The van der Waals surface area contributed by atoms with Crippen molar-refractivity contribution in [2.45, 2.75) is 31.9 Å². The van der Waals surface area contributed by atoms with E-state index in [0.717, 1.165) is 18.8 Å². The molecule has 2 unspecified atom stereocenters. The van der Waals surface area contributed by atoms with Gasteiger partial charge in [-0.3, -0.25) is 0 Å². The third kappa shape index (κ3) is 4.04. The summed E-state index contributed by atoms with van der Waals surface area (Å²) in [5, 5.41) is 5.40. The third-order valence-corrected chi connectivity index (χ3v) is 5.44. The van der Waals surface area contributed by atoms with Gasteiger partial charge in [-0.05, 0) is 13.5 Å². The van der Waals surface area contributed by atoms with Crippen LogP contribution in [0.25, 0.3) is 0 Å². The van der Waals surface area contributed by atoms with Crippen LogP contribution in [0.3, 0.4) is 0 Å². The number of nitrogens with one attached hydrogen (secondary N) is 1. The van der Waals surface area contributed by atoms with Crippen LogP contribution < -0.4 is 5.32 Å². The van der Waals surface area contributed by atoms with E-state index < -0.39 is 15.1 Å². The van der Waals surface area contributed by atoms with Gasteiger partial charge in [0.05, 0.1) is 5.69 Å². The number of thiazole rings is 1. The summed E-state index contributed by atoms with van der Waals surface area (Å²) < 4.78 is 22.9. The molecule has 1 rings (SSSR count). The van der Waals surface area contributed by atoms with E-state index in [1.807, 2.05) is 5.38 Å². The van der Waals surface area contributed by atoms with Crippen LogP contribution in [0.5, 0.6) is 0 Å². The van der Waals surface area contributed by atoms with Gasteiger partial charge in [0, 0.05) is 24.1 Å². The predicted octanol–water partition coefficient (Wildman–Crippen LogP) is 1.96. The molecule has 0 aromatic carbocycles. The van der Waals surface area contributed by atoms with Gasteiger partial charge in [-0.25, -0.2) is 13.4 Å². The van der Waals surface area contributed by atoms with Gasteiger partial charge >= 0.3 is 0 Å². The Hall–Kier alpha value is -0.460. The normalized spacial score (nSPS) is 15.8. The molecule has 0 fully saturated rings. The third-order valence-electron chi connectivity index (χ3n) is 2.74. The topological polar surface area (TPSA) is 59.1 Å². The number of nitrogens with zero attached hydrogens (tertiary/aromatic N) is 1. The number of aromatic nitrogens is 1. The maximum atomic E-state index is 11.4. The summed E-state index contributed by atoms with van der Waals surface area (Å²) in [5.41, 5.74) is 0.974. The van der Waals surface area contributed by atoms with E-state index in [4.69, 9.17) is 0 Å². The molecular weight excluding hydrogens is 256 g/mol. The molecule has 0 amide bonds. The van der Waals surface area contributed by atoms with E-state index in [1.165, 1.54) is 17.6 Å². The number of likely N-dealkylation sites (N-methyl/N-ethyl adjacent to an activating group) is 1. The van der Waals surface area contributed by atoms with E-state index in [1.54, 1.807) is 6.92 Å². The van der Waals surface area contributed by atoms with Gasteiger partial charge in [-0.1, -0.05) is 13.8 Å². The van der Waals surface area contributed by atoms with Crippen LogP contribution in [-0.4, -0.2) is 32.7 Å². The highest BCUT2D eigenvalue weighted by Crippen LogP contribution is 2.27. The first kappa shape index (κ1) is 14.6. The molecule has 4 nitrogen and oxygen atoms in total. The van der Waals surface area contributed by atoms with Gasteiger partial charge in [-0.2, -0.15) is 0 Å². The quantitative estimate of drug-likeness (QED) is 0.863. The monoisotopic (exact) mass is 276 g/mol. The lowest BCUT2D eigenvalue weighted by Crippen LogP contribution is -2.19. The van der Waals surface area contributed by atoms with Crippen molar-refractivity contribution in [3.05, 3.63) is 16.1 Å². The highest BCUT2D eigenvalue weighted by atomic mass is 32.2. The molecule has 17 heavy (non-hydrogen) atoms. The molecule has 0 aliphatic rings. The molecule has 6 heteroatoms. The van der Waals surface area contributed by atoms with Crippen LogP contribution in [-0.2, 0) is 9.84 Å². The van der Waals surface area contributed by atoms with Crippen molar-refractivity contribution in [3.63, 3.8) is 0 Å². The fourth-order valence-electron chi connectivity index (χ4n) is 1.36. The van der Waals surface area contributed by atoms with Gasteiger partial charge in [0.2, 0.25) is 0 Å². The lowest BCUT2D eigenvalue weighted by atomic mass is 10.1. The minimum Gasteiger partial charge on any atom is -0.316 e. The number of hydrogen-bond acceptors (Lipinski definition) is 5. The van der Waals surface area contributed by atoms with Crippen LogP contribution in [0.15, 0.2) is 5.38 Å². The highest BCUT2D eigenvalue weighted by Gasteiger charge is 2.21. The zero-order chi connectivity index (χ0) is 13.1. The number of sulfone groups is 1. The maximum Gasteiger partial charge on any atom is 0.156 e. The summed E-state index contributed by atoms with van der Waals surface area (Å²) in [6, 6.07) is 0. The Morgan fingerprint density at radius 1 is 1.47 bits per heavy atom. The molecule has 1 heterocycles. The second-order valence-corrected chi connectivity index (χ2v) is 7.55. The standard InChI is InChI=1S/C11H20N2O2S2/c1-5-12-6-8(2)10-7-16-11(13-10)9(3)17(4,14)15/h7-9,12H,5-6H2,1-4H3. The molecule has 0 radical (unpaired) electrons. The van der Waals surface area contributed by atoms with Gasteiger partial charge in [0.1, 0.15) is 10.3 Å². The van der Waals surface area contributed by atoms with Crippen LogP contribution in [0.4, 0.5) is 0 Å². The van der Waals surface area contributed by atoms with Crippen molar-refractivity contribution in [1.82, 2.24) is 10.3 Å². The van der Waals surface area contributed by atoms with Gasteiger partial charge in [-0.15, -0.1) is 11.3 Å². The zero-order valence-electron chi connectivity index (χ0n) is 10.7. The van der Waals surface area contributed by atoms with Crippen LogP contribution >= 0.6 is 11.3 Å². The first-order chi connectivity index (χ1) is 7.86. The Morgan fingerprint density at radius 2 is 2.12 bits per heavy atom. The fourth-order valence-corrected chi connectivity index (χ4v) is 3.35. The first-order valence-corrected chi connectivity index (χ1v) is 8.54. The first-order valence-electron chi connectivity index (χ1n) is 5.71. The Bertz CT molecular complexity index is 454. The molecule has 0 aliphatic carbocycles. The molecule has 2 atom stereocenters. The summed E-state index contributed by atoms with van der Waals surface area (Å²) in [5.74, 6) is 0.312. The summed E-state index contributed by atoms with van der Waals surface area (Å²) in [6.07, 6.45) is 1.25. The fraction of sp³-hybridized carbons (Fsp3) is 0.727. The highest BCUT2D eigenvalue weighted by molar-refractivity contribution is 7.91. The maximum absolute atomic E-state index is 11.4. The molecular formula is C11H20N2O2S2. The molecule has 98 valence electrons. The SMILES string of the molecule is CCNCC(C)c1csc(C(C)S(C)(=O)=O)n1. The van der Waals surface area contributed by atoms with E-state index >= 15 is 0 Å². The molecule has 1 N–H and O–H groups in total. The van der Waals surface area contributed by atoms with Crippen molar-refractivity contribution in [2.24, 2.45) is 0 Å². The predicted molar refractivity (Wildman–Crippen MR) is 72.3 cm³/mol. The smallest absolute Gasteiger partial charge is 0.156 e. The van der Waals surface area contributed by atoms with Gasteiger partial charge in [0.15, 0.2) is 9.84 Å². The zero-order valence-corrected chi connectivity index (χ0v) is 12.4. The Labute approximate surface area is 107 Å². The minimum atomic E-state index is -3.05. The van der Waals surface area contributed by atoms with E-state index in [2.05, 4.69) is 24.1 Å². The van der Waals surface area contributed by atoms with Gasteiger partial charge < -0.3 is 5.32 Å². The summed E-state index contributed by atoms with van der Waals surface area (Å²) in [6.45, 7) is 7.64. The molecule has 0 aliphatic heterocycles. The molecule has 1 aromatic rings. The van der Waals surface area contributed by atoms with Crippen molar-refractivity contribution in [2.75, 3.05) is 19.3 Å². The molecule has 0 saturated carbocycles. The number of rotatable bonds is 6. The lowest BCUT2D eigenvalue weighted by molar-refractivity contribution is 0.591. The van der Waals surface area contributed by atoms with Crippen LogP contribution in [0.1, 0.15) is 42.6 Å². The second-order valence-electron chi connectivity index (χ2n) is 4.29. The molecule has 0 saturated heterocycles. The van der Waals surface area contributed by atoms with Crippen LogP contribution in [0, 0.1) is 0 Å². The second kappa shape index (κ2) is 5.93. The average molecular weight is 276 g/mol. The number of hydrogen-bond donors (Lipinski definition) is 1. The summed E-state index contributed by atoms with van der Waals surface area (Å²) in [4.78, 5) is 4.43. The lowest BCUT2D eigenvalue weighted by Gasteiger charge is -2.09. The van der Waals surface area contributed by atoms with Crippen molar-refractivity contribution in [3.8, 4) is 0 Å². The summed E-state index contributed by atoms with van der Waals surface area (Å²) >= 11 is 1.43. The van der Waals surface area contributed by atoms with E-state index in [9.17, 15) is 8.42 Å². The minimum absolute atomic E-state index is 0.312. The average Bonchev–Trinajstić information content (AvgIpc) is 2.72. The molecule has 0 bridgehead atoms. The van der Waals surface area contributed by atoms with Crippen LogP contribution in [0.2, 0.25) is 0 Å². The van der Waals surface area contributed by atoms with E-state index in [0.29, 0.717) is 10.9 Å².